The van der Waals surface area contributed by atoms with Crippen LogP contribution in [0, 0.1) is 6.92 Å². The van der Waals surface area contributed by atoms with Crippen molar-refractivity contribution in [2.24, 2.45) is 0 Å². The molecule has 1 aromatic heterocycles. The third-order valence-corrected chi connectivity index (χ3v) is 3.86. The van der Waals surface area contributed by atoms with Crippen LogP contribution in [0.1, 0.15) is 23.0 Å². The fourth-order valence-corrected chi connectivity index (χ4v) is 2.42. The Morgan fingerprint density at radius 1 is 1.08 bits per heavy atom. The van der Waals surface area contributed by atoms with Gasteiger partial charge in [-0.2, -0.15) is 5.10 Å². The molecule has 0 saturated carbocycles. The second kappa shape index (κ2) is 7.18. The number of nitrogens with zero attached hydrogens (tertiary/aromatic N) is 1. The molecule has 0 spiro atoms. The number of anilines is 1. The number of aromatic nitrogens is 2. The van der Waals surface area contributed by atoms with E-state index >= 15 is 0 Å². The van der Waals surface area contributed by atoms with Crippen molar-refractivity contribution in [2.45, 2.75) is 20.0 Å². The quantitative estimate of drug-likeness (QED) is 0.703. The number of carbonyl (C=O) groups is 2. The molecule has 132 valence electrons. The van der Waals surface area contributed by atoms with E-state index in [1.54, 1.807) is 36.4 Å². The van der Waals surface area contributed by atoms with E-state index in [0.29, 0.717) is 16.5 Å². The first-order valence-corrected chi connectivity index (χ1v) is 8.01. The van der Waals surface area contributed by atoms with Crippen molar-refractivity contribution in [3.8, 4) is 0 Å². The number of esters is 1. The number of carbonyl (C=O) groups excluding carboxylic acids is 2. The number of hydrogen-bond acceptors (Lipinski definition) is 5. The van der Waals surface area contributed by atoms with Gasteiger partial charge in [0.2, 0.25) is 0 Å². The molecule has 0 aliphatic carbocycles. The van der Waals surface area contributed by atoms with Gasteiger partial charge in [-0.3, -0.25) is 9.59 Å². The highest BCUT2D eigenvalue weighted by atomic mass is 16.5. The third kappa shape index (κ3) is 3.61. The normalized spacial score (nSPS) is 11.8. The van der Waals surface area contributed by atoms with Gasteiger partial charge in [0.15, 0.2) is 11.8 Å². The molecule has 7 heteroatoms. The molecule has 1 amide bonds. The molecule has 0 aliphatic heterocycles. The van der Waals surface area contributed by atoms with E-state index in [0.717, 1.165) is 5.56 Å². The smallest absolute Gasteiger partial charge is 0.360 e. The molecular formula is C19H17N3O4. The summed E-state index contributed by atoms with van der Waals surface area (Å²) < 4.78 is 5.21. The predicted molar refractivity (Wildman–Crippen MR) is 97.0 cm³/mol. The highest BCUT2D eigenvalue weighted by molar-refractivity contribution is 6.03. The minimum Gasteiger partial charge on any atom is -0.448 e. The number of rotatable bonds is 4. The van der Waals surface area contributed by atoms with Crippen molar-refractivity contribution >= 4 is 28.3 Å². The van der Waals surface area contributed by atoms with Gasteiger partial charge in [-0.15, -0.1) is 0 Å². The Morgan fingerprint density at radius 3 is 2.42 bits per heavy atom. The molecule has 0 unspecified atom stereocenters. The Hall–Kier alpha value is -3.48. The fourth-order valence-electron chi connectivity index (χ4n) is 2.42. The number of ether oxygens (including phenoxy) is 1. The zero-order chi connectivity index (χ0) is 18.7. The van der Waals surface area contributed by atoms with Crippen LogP contribution in [0.4, 0.5) is 5.69 Å². The molecule has 3 aromatic rings. The number of H-pyrrole nitrogens is 1. The summed E-state index contributed by atoms with van der Waals surface area (Å²) >= 11 is 0. The van der Waals surface area contributed by atoms with Crippen molar-refractivity contribution in [2.75, 3.05) is 5.32 Å². The summed E-state index contributed by atoms with van der Waals surface area (Å²) in [6, 6.07) is 13.8. The summed E-state index contributed by atoms with van der Waals surface area (Å²) in [6.07, 6.45) is -1.03. The molecular weight excluding hydrogens is 334 g/mol. The van der Waals surface area contributed by atoms with E-state index in [9.17, 15) is 14.4 Å². The Kier molecular flexibility index (Phi) is 4.79. The Balaban J connectivity index is 1.75. The average Bonchev–Trinajstić information content (AvgIpc) is 2.64. The maximum absolute atomic E-state index is 12.4. The number of hydrogen-bond donors (Lipinski definition) is 2. The highest BCUT2D eigenvalue weighted by Gasteiger charge is 2.22. The van der Waals surface area contributed by atoms with E-state index in [4.69, 9.17) is 4.74 Å². The van der Waals surface area contributed by atoms with Gasteiger partial charge in [0.1, 0.15) is 0 Å². The molecule has 7 nitrogen and oxygen atoms in total. The van der Waals surface area contributed by atoms with Crippen molar-refractivity contribution in [1.82, 2.24) is 10.2 Å². The van der Waals surface area contributed by atoms with Gasteiger partial charge in [-0.1, -0.05) is 35.9 Å². The molecule has 0 fully saturated rings. The number of nitrogens with one attached hydrogen (secondary N) is 2. The van der Waals surface area contributed by atoms with Crippen molar-refractivity contribution < 1.29 is 14.3 Å². The van der Waals surface area contributed by atoms with Crippen LogP contribution in [-0.2, 0) is 9.53 Å². The van der Waals surface area contributed by atoms with Gasteiger partial charge in [0.05, 0.1) is 5.39 Å². The lowest BCUT2D eigenvalue weighted by Gasteiger charge is -2.14. The van der Waals surface area contributed by atoms with Crippen LogP contribution >= 0.6 is 0 Å². The van der Waals surface area contributed by atoms with Crippen LogP contribution in [0.3, 0.4) is 0 Å². The fraction of sp³-hybridized carbons (Fsp3) is 0.158. The second-order valence-electron chi connectivity index (χ2n) is 5.85. The van der Waals surface area contributed by atoms with Crippen molar-refractivity contribution in [3.05, 3.63) is 70.1 Å². The minimum absolute atomic E-state index is 0.0461. The summed E-state index contributed by atoms with van der Waals surface area (Å²) in [6.45, 7) is 3.41. The predicted octanol–water partition coefficient (Wildman–Crippen LogP) is 2.42. The molecule has 26 heavy (non-hydrogen) atoms. The monoisotopic (exact) mass is 351 g/mol. The molecule has 0 saturated heterocycles. The zero-order valence-corrected chi connectivity index (χ0v) is 14.3. The second-order valence-corrected chi connectivity index (χ2v) is 5.85. The van der Waals surface area contributed by atoms with Crippen LogP contribution in [0.2, 0.25) is 0 Å². The molecule has 2 N–H and O–H groups in total. The summed E-state index contributed by atoms with van der Waals surface area (Å²) in [4.78, 5) is 36.4. The molecule has 3 rings (SSSR count). The summed E-state index contributed by atoms with van der Waals surface area (Å²) in [5.74, 6) is -1.25. The molecule has 0 bridgehead atoms. The lowest BCUT2D eigenvalue weighted by atomic mass is 10.1. The third-order valence-electron chi connectivity index (χ3n) is 3.86. The topological polar surface area (TPSA) is 101 Å². The van der Waals surface area contributed by atoms with E-state index in [1.807, 2.05) is 19.1 Å². The number of benzene rings is 2. The van der Waals surface area contributed by atoms with E-state index < -0.39 is 23.5 Å². The zero-order valence-electron chi connectivity index (χ0n) is 14.3. The van der Waals surface area contributed by atoms with Crippen LogP contribution in [0.25, 0.3) is 10.8 Å². The average molecular weight is 351 g/mol. The Morgan fingerprint density at radius 2 is 1.73 bits per heavy atom. The first kappa shape index (κ1) is 17.3. The molecule has 2 aromatic carbocycles. The maximum Gasteiger partial charge on any atom is 0.360 e. The van der Waals surface area contributed by atoms with E-state index in [2.05, 4.69) is 15.5 Å². The number of amides is 1. The SMILES string of the molecule is Cc1ccc(NC(=O)[C@@H](C)OC(=O)c2n[nH]c(=O)c3ccccc23)cc1. The van der Waals surface area contributed by atoms with Crippen LogP contribution in [-0.4, -0.2) is 28.2 Å². The Bertz CT molecular complexity index is 1020. The first-order valence-electron chi connectivity index (χ1n) is 8.01. The minimum atomic E-state index is -1.03. The van der Waals surface area contributed by atoms with Crippen LogP contribution in [0.5, 0.6) is 0 Å². The summed E-state index contributed by atoms with van der Waals surface area (Å²) in [7, 11) is 0. The largest absolute Gasteiger partial charge is 0.448 e. The first-order chi connectivity index (χ1) is 12.5. The molecule has 1 atom stereocenters. The summed E-state index contributed by atoms with van der Waals surface area (Å²) in [5, 5.41) is 9.40. The molecule has 0 radical (unpaired) electrons. The maximum atomic E-state index is 12.4. The van der Waals surface area contributed by atoms with Gasteiger partial charge in [-0.25, -0.2) is 9.89 Å². The van der Waals surface area contributed by atoms with E-state index in [1.165, 1.54) is 6.92 Å². The van der Waals surface area contributed by atoms with Gasteiger partial charge >= 0.3 is 5.97 Å². The van der Waals surface area contributed by atoms with Gasteiger partial charge in [0, 0.05) is 11.1 Å². The lowest BCUT2D eigenvalue weighted by Crippen LogP contribution is -2.30. The van der Waals surface area contributed by atoms with E-state index in [-0.39, 0.29) is 5.69 Å². The highest BCUT2D eigenvalue weighted by Crippen LogP contribution is 2.15. The molecule has 0 aliphatic rings. The van der Waals surface area contributed by atoms with Crippen LogP contribution in [0.15, 0.2) is 53.3 Å². The van der Waals surface area contributed by atoms with Gasteiger partial charge in [0.25, 0.3) is 11.5 Å². The lowest BCUT2D eigenvalue weighted by molar-refractivity contribution is -0.123. The number of fused-ring (bicyclic) bond motifs is 1. The molecule has 1 heterocycles. The summed E-state index contributed by atoms with van der Waals surface area (Å²) in [5.41, 5.74) is 1.23. The van der Waals surface area contributed by atoms with Crippen molar-refractivity contribution in [1.29, 1.82) is 0 Å². The number of aromatic amines is 1. The Labute approximate surface area is 149 Å². The number of aryl methyl sites for hydroxylation is 1. The van der Waals surface area contributed by atoms with Gasteiger partial charge < -0.3 is 10.1 Å². The van der Waals surface area contributed by atoms with Gasteiger partial charge in [-0.05, 0) is 32.0 Å². The standard InChI is InChI=1S/C19H17N3O4/c1-11-7-9-13(10-8-11)20-17(23)12(2)26-19(25)16-14-5-3-4-6-15(14)18(24)22-21-16/h3-10,12H,1-2H3,(H,20,23)(H,22,24)/t12-/m1/s1. The van der Waals surface area contributed by atoms with Crippen LogP contribution < -0.4 is 10.9 Å². The van der Waals surface area contributed by atoms with Crippen molar-refractivity contribution in [3.63, 3.8) is 0 Å².